The highest BCUT2D eigenvalue weighted by Gasteiger charge is 2.44. The largest absolute Gasteiger partial charge is 0.469 e. The van der Waals surface area contributed by atoms with Crippen LogP contribution in [0.3, 0.4) is 0 Å². The maximum Gasteiger partial charge on any atom is 0.306 e. The van der Waals surface area contributed by atoms with Gasteiger partial charge in [0, 0.05) is 36.6 Å². The summed E-state index contributed by atoms with van der Waals surface area (Å²) >= 11 is 0. The number of fused-ring (bicyclic) bond motifs is 2. The van der Waals surface area contributed by atoms with Gasteiger partial charge in [0.1, 0.15) is 0 Å². The number of hydrogen-bond acceptors (Lipinski definition) is 5. The average Bonchev–Trinajstić information content (AvgIpc) is 3.79. The minimum absolute atomic E-state index is 0.00336. The third kappa shape index (κ3) is 5.04. The van der Waals surface area contributed by atoms with E-state index in [4.69, 9.17) is 14.7 Å². The Kier molecular flexibility index (Phi) is 7.60. The molecule has 2 aliphatic carbocycles. The number of carbonyl (C=O) groups excluding carboxylic acids is 2. The number of likely N-dealkylation sites (tertiary alicyclic amines) is 1. The van der Waals surface area contributed by atoms with E-state index in [9.17, 15) is 9.59 Å². The van der Waals surface area contributed by atoms with Crippen molar-refractivity contribution in [2.24, 2.45) is 16.8 Å². The zero-order valence-electron chi connectivity index (χ0n) is 25.0. The van der Waals surface area contributed by atoms with Crippen LogP contribution in [-0.4, -0.2) is 47.2 Å². The summed E-state index contributed by atoms with van der Waals surface area (Å²) < 4.78 is 4.88. The number of pyridine rings is 1. The van der Waals surface area contributed by atoms with E-state index in [0.717, 1.165) is 25.0 Å². The molecular weight excluding hydrogens is 510 g/mol. The molecule has 1 spiro atoms. The van der Waals surface area contributed by atoms with Gasteiger partial charge in [-0.15, -0.1) is 0 Å². The lowest BCUT2D eigenvalue weighted by atomic mass is 9.78. The molecular formula is C35H43N3O3. The second-order valence-corrected chi connectivity index (χ2v) is 13.0. The number of carbonyl (C=O) groups is 2. The number of hydrogen-bond donors (Lipinski definition) is 0. The van der Waals surface area contributed by atoms with Gasteiger partial charge in [-0.25, -0.2) is 0 Å². The van der Waals surface area contributed by atoms with Crippen molar-refractivity contribution in [3.63, 3.8) is 0 Å². The SMILES string of the molecule is COC(=O)C[C@H](C(=O)N1CCC[C@H]1C1=NC=C(c2ccc(-c3ncc(C)c4c3C3(CCCC3)CC4)cc2)C1)C(C)C. The van der Waals surface area contributed by atoms with E-state index in [1.165, 1.54) is 79.2 Å². The fraction of sp³-hybridized carbons (Fsp3) is 0.543. The summed E-state index contributed by atoms with van der Waals surface area (Å²) in [5.41, 5.74) is 10.5. The Bertz CT molecular complexity index is 1400. The molecule has 4 aliphatic rings. The van der Waals surface area contributed by atoms with Crippen molar-refractivity contribution in [1.29, 1.82) is 0 Å². The van der Waals surface area contributed by atoms with Crippen molar-refractivity contribution in [3.05, 3.63) is 58.9 Å². The number of benzene rings is 1. The molecule has 0 radical (unpaired) electrons. The highest BCUT2D eigenvalue weighted by molar-refractivity contribution is 6.03. The first-order valence-electron chi connectivity index (χ1n) is 15.5. The van der Waals surface area contributed by atoms with Crippen LogP contribution in [0.25, 0.3) is 16.8 Å². The molecule has 6 heteroatoms. The molecule has 2 aromatic rings. The monoisotopic (exact) mass is 553 g/mol. The standard InChI is InChI=1S/C35H43N3O3/c1-22(2)28(19-31(39)41-4)34(40)38-17-7-8-30(38)29-18-26(21-36-29)24-9-11-25(12-10-24)33-32-27(23(3)20-37-33)13-16-35(32)14-5-6-15-35/h9-12,20-22,28,30H,5-8,13-19H2,1-4H3/t28-,30-/m0/s1. The summed E-state index contributed by atoms with van der Waals surface area (Å²) in [5.74, 6) is -0.590. The quantitative estimate of drug-likeness (QED) is 0.353. The lowest BCUT2D eigenvalue weighted by Gasteiger charge is -2.30. The molecule has 1 aromatic carbocycles. The highest BCUT2D eigenvalue weighted by Crippen LogP contribution is 2.53. The number of ether oxygens (including phenoxy) is 1. The summed E-state index contributed by atoms with van der Waals surface area (Å²) in [6, 6.07) is 8.90. The Balaban J connectivity index is 1.17. The van der Waals surface area contributed by atoms with Crippen LogP contribution in [0.1, 0.15) is 93.9 Å². The molecule has 2 fully saturated rings. The predicted molar refractivity (Wildman–Crippen MR) is 163 cm³/mol. The number of esters is 1. The molecule has 3 heterocycles. The molecule has 2 aliphatic heterocycles. The fourth-order valence-corrected chi connectivity index (χ4v) is 7.93. The Morgan fingerprint density at radius 2 is 1.80 bits per heavy atom. The van der Waals surface area contributed by atoms with Crippen molar-refractivity contribution < 1.29 is 14.3 Å². The smallest absolute Gasteiger partial charge is 0.306 e. The summed E-state index contributed by atoms with van der Waals surface area (Å²) in [6.07, 6.45) is 14.5. The van der Waals surface area contributed by atoms with Gasteiger partial charge in [-0.1, -0.05) is 51.0 Å². The maximum absolute atomic E-state index is 13.6. The molecule has 1 amide bonds. The third-order valence-electron chi connectivity index (χ3n) is 10.3. The first-order valence-corrected chi connectivity index (χ1v) is 15.5. The normalized spacial score (nSPS) is 21.8. The van der Waals surface area contributed by atoms with E-state index < -0.39 is 0 Å². The summed E-state index contributed by atoms with van der Waals surface area (Å²) in [5, 5.41) is 0. The van der Waals surface area contributed by atoms with Crippen LogP contribution in [0.2, 0.25) is 0 Å². The van der Waals surface area contributed by atoms with Gasteiger partial charge in [0.15, 0.2) is 0 Å². The number of rotatable bonds is 7. The molecule has 1 aromatic heterocycles. The number of allylic oxidation sites excluding steroid dienone is 1. The van der Waals surface area contributed by atoms with Gasteiger partial charge in [-0.3, -0.25) is 19.6 Å². The number of aryl methyl sites for hydroxylation is 1. The first kappa shape index (κ1) is 27.9. The second-order valence-electron chi connectivity index (χ2n) is 13.0. The van der Waals surface area contributed by atoms with Gasteiger partial charge >= 0.3 is 5.97 Å². The minimum Gasteiger partial charge on any atom is -0.469 e. The van der Waals surface area contributed by atoms with Gasteiger partial charge in [0.05, 0.1) is 31.2 Å². The van der Waals surface area contributed by atoms with E-state index in [-0.39, 0.29) is 36.2 Å². The van der Waals surface area contributed by atoms with E-state index in [1.807, 2.05) is 24.9 Å². The van der Waals surface area contributed by atoms with Crippen LogP contribution in [0.15, 0.2) is 41.7 Å². The Morgan fingerprint density at radius 1 is 1.07 bits per heavy atom. The van der Waals surface area contributed by atoms with Crippen molar-refractivity contribution >= 4 is 23.2 Å². The third-order valence-corrected chi connectivity index (χ3v) is 10.3. The van der Waals surface area contributed by atoms with E-state index >= 15 is 0 Å². The van der Waals surface area contributed by atoms with Crippen LogP contribution >= 0.6 is 0 Å². The summed E-state index contributed by atoms with van der Waals surface area (Å²) in [6.45, 7) is 6.94. The van der Waals surface area contributed by atoms with Gasteiger partial charge in [0.25, 0.3) is 0 Å². The zero-order chi connectivity index (χ0) is 28.7. The molecule has 216 valence electrons. The number of nitrogens with zero attached hydrogens (tertiary/aromatic N) is 3. The van der Waals surface area contributed by atoms with E-state index in [2.05, 4.69) is 37.4 Å². The fourth-order valence-electron chi connectivity index (χ4n) is 7.93. The Morgan fingerprint density at radius 3 is 2.51 bits per heavy atom. The van der Waals surface area contributed by atoms with E-state index in [0.29, 0.717) is 12.0 Å². The van der Waals surface area contributed by atoms with Crippen molar-refractivity contribution in [1.82, 2.24) is 9.88 Å². The lowest BCUT2D eigenvalue weighted by molar-refractivity contribution is -0.148. The summed E-state index contributed by atoms with van der Waals surface area (Å²) in [7, 11) is 1.38. The van der Waals surface area contributed by atoms with Crippen LogP contribution in [0.4, 0.5) is 0 Å². The number of aromatic nitrogens is 1. The van der Waals surface area contributed by atoms with Crippen molar-refractivity contribution in [2.75, 3.05) is 13.7 Å². The Hall–Kier alpha value is -3.28. The highest BCUT2D eigenvalue weighted by atomic mass is 16.5. The molecule has 1 saturated carbocycles. The van der Waals surface area contributed by atoms with Gasteiger partial charge in [0.2, 0.25) is 5.91 Å². The Labute approximate surface area is 244 Å². The molecule has 41 heavy (non-hydrogen) atoms. The molecule has 6 nitrogen and oxygen atoms in total. The molecule has 0 bridgehead atoms. The topological polar surface area (TPSA) is 71.9 Å². The molecule has 0 unspecified atom stereocenters. The lowest BCUT2D eigenvalue weighted by Crippen LogP contribution is -2.45. The van der Waals surface area contributed by atoms with Gasteiger partial charge < -0.3 is 9.64 Å². The zero-order valence-corrected chi connectivity index (χ0v) is 25.0. The van der Waals surface area contributed by atoms with Crippen LogP contribution in [0, 0.1) is 18.8 Å². The number of aliphatic imine (C=N–C) groups is 1. The van der Waals surface area contributed by atoms with Crippen molar-refractivity contribution in [3.8, 4) is 11.3 Å². The minimum atomic E-state index is -0.370. The van der Waals surface area contributed by atoms with Crippen LogP contribution < -0.4 is 0 Å². The van der Waals surface area contributed by atoms with Gasteiger partial charge in [-0.2, -0.15) is 0 Å². The molecule has 6 rings (SSSR count). The predicted octanol–water partition coefficient (Wildman–Crippen LogP) is 6.83. The van der Waals surface area contributed by atoms with E-state index in [1.54, 1.807) is 5.56 Å². The maximum atomic E-state index is 13.6. The van der Waals surface area contributed by atoms with Gasteiger partial charge in [-0.05, 0) is 84.6 Å². The molecule has 0 N–H and O–H groups in total. The van der Waals surface area contributed by atoms with Crippen LogP contribution in [-0.2, 0) is 26.2 Å². The molecule has 2 atom stereocenters. The number of methoxy groups -OCH3 is 1. The summed E-state index contributed by atoms with van der Waals surface area (Å²) in [4.78, 5) is 37.4. The second kappa shape index (κ2) is 11.2. The number of amides is 1. The average molecular weight is 554 g/mol. The van der Waals surface area contributed by atoms with Crippen LogP contribution in [0.5, 0.6) is 0 Å². The molecule has 1 saturated heterocycles. The van der Waals surface area contributed by atoms with Crippen molar-refractivity contribution in [2.45, 2.75) is 96.4 Å². The first-order chi connectivity index (χ1) is 19.8.